The predicted octanol–water partition coefficient (Wildman–Crippen LogP) is 1.63. The van der Waals surface area contributed by atoms with Gasteiger partial charge in [0, 0.05) is 26.1 Å². The van der Waals surface area contributed by atoms with E-state index < -0.39 is 0 Å². The van der Waals surface area contributed by atoms with E-state index in [0.29, 0.717) is 6.04 Å². The molecule has 0 spiro atoms. The summed E-state index contributed by atoms with van der Waals surface area (Å²) in [5.74, 6) is 2.06. The number of likely N-dealkylation sites (tertiary alicyclic amines) is 1. The molecule has 1 aliphatic carbocycles. The molecule has 1 atom stereocenters. The first-order valence-corrected chi connectivity index (χ1v) is 6.65. The molecule has 16 heavy (non-hydrogen) atoms. The zero-order chi connectivity index (χ0) is 11.5. The fourth-order valence-corrected chi connectivity index (χ4v) is 2.58. The summed E-state index contributed by atoms with van der Waals surface area (Å²) in [5.41, 5.74) is 0. The first kappa shape index (κ1) is 11.9. The molecule has 1 heterocycles. The quantitative estimate of drug-likeness (QED) is 0.787. The summed E-state index contributed by atoms with van der Waals surface area (Å²) < 4.78 is 0. The minimum atomic E-state index is 0.227. The van der Waals surface area contributed by atoms with Gasteiger partial charge in [0.15, 0.2) is 0 Å². The van der Waals surface area contributed by atoms with Gasteiger partial charge in [0.2, 0.25) is 5.91 Å². The fraction of sp³-hybridized carbons (Fsp3) is 0.923. The van der Waals surface area contributed by atoms with Gasteiger partial charge in [-0.3, -0.25) is 4.79 Å². The van der Waals surface area contributed by atoms with Crippen LogP contribution in [0.25, 0.3) is 0 Å². The second-order valence-corrected chi connectivity index (χ2v) is 5.50. The molecule has 0 bridgehead atoms. The summed E-state index contributed by atoms with van der Waals surface area (Å²) in [5, 5.41) is 3.66. The summed E-state index contributed by atoms with van der Waals surface area (Å²) in [6, 6.07) is 0.636. The average molecular weight is 224 g/mol. The molecular weight excluding hydrogens is 200 g/mol. The largest absolute Gasteiger partial charge is 0.343 e. The Balaban J connectivity index is 1.63. The van der Waals surface area contributed by atoms with Crippen LogP contribution < -0.4 is 5.32 Å². The Hall–Kier alpha value is -0.570. The van der Waals surface area contributed by atoms with Crippen molar-refractivity contribution in [2.45, 2.75) is 45.6 Å². The molecule has 2 fully saturated rings. The fourth-order valence-electron chi connectivity index (χ4n) is 2.58. The molecule has 1 saturated carbocycles. The molecular formula is C13H24N2O. The first-order chi connectivity index (χ1) is 7.66. The highest BCUT2D eigenvalue weighted by atomic mass is 16.2. The summed E-state index contributed by atoms with van der Waals surface area (Å²) in [7, 11) is 0. The lowest BCUT2D eigenvalue weighted by Gasteiger charge is -2.32. The van der Waals surface area contributed by atoms with E-state index >= 15 is 0 Å². The van der Waals surface area contributed by atoms with Gasteiger partial charge in [-0.05, 0) is 44.1 Å². The lowest BCUT2D eigenvalue weighted by molar-refractivity contribution is -0.129. The highest BCUT2D eigenvalue weighted by Crippen LogP contribution is 2.36. The number of carbonyl (C=O) groups excluding carboxylic acids is 1. The number of nitrogens with zero attached hydrogens (tertiary/aromatic N) is 1. The van der Waals surface area contributed by atoms with Crippen LogP contribution in [0.1, 0.15) is 39.5 Å². The van der Waals surface area contributed by atoms with Gasteiger partial charge in [0.25, 0.3) is 0 Å². The van der Waals surface area contributed by atoms with E-state index in [4.69, 9.17) is 0 Å². The summed E-state index contributed by atoms with van der Waals surface area (Å²) in [6.07, 6.45) is 5.12. The molecule has 1 aliphatic heterocycles. The molecule has 0 aromatic rings. The minimum Gasteiger partial charge on any atom is -0.343 e. The molecule has 92 valence electrons. The zero-order valence-electron chi connectivity index (χ0n) is 10.5. The molecule has 2 aliphatic rings. The van der Waals surface area contributed by atoms with Crippen molar-refractivity contribution in [1.29, 1.82) is 0 Å². The number of hydrogen-bond donors (Lipinski definition) is 1. The van der Waals surface area contributed by atoms with Gasteiger partial charge >= 0.3 is 0 Å². The number of carbonyl (C=O) groups is 1. The highest BCUT2D eigenvalue weighted by molar-refractivity contribution is 5.73. The Labute approximate surface area is 98.6 Å². The number of rotatable bonds is 4. The van der Waals surface area contributed by atoms with Crippen molar-refractivity contribution in [2.24, 2.45) is 11.8 Å². The molecule has 1 saturated heterocycles. The summed E-state index contributed by atoms with van der Waals surface area (Å²) in [4.78, 5) is 13.1. The minimum absolute atomic E-state index is 0.227. The normalized spacial score (nSPS) is 24.5. The standard InChI is InChI=1S/C13H24N2O/c1-10(12-3-4-12)9-14-13-5-7-15(8-6-13)11(2)16/h10,12-14H,3-9H2,1-2H3. The summed E-state index contributed by atoms with van der Waals surface area (Å²) >= 11 is 0. The second kappa shape index (κ2) is 5.17. The smallest absolute Gasteiger partial charge is 0.219 e. The van der Waals surface area contributed by atoms with Crippen molar-refractivity contribution in [1.82, 2.24) is 10.2 Å². The molecule has 0 radical (unpaired) electrons. The van der Waals surface area contributed by atoms with Gasteiger partial charge in [0.05, 0.1) is 0 Å². The molecule has 1 unspecified atom stereocenters. The monoisotopic (exact) mass is 224 g/mol. The van der Waals surface area contributed by atoms with Crippen molar-refractivity contribution in [3.8, 4) is 0 Å². The van der Waals surface area contributed by atoms with Crippen LogP contribution in [0.4, 0.5) is 0 Å². The Kier molecular flexibility index (Phi) is 3.85. The maximum absolute atomic E-state index is 11.2. The molecule has 0 aromatic carbocycles. The SMILES string of the molecule is CC(=O)N1CCC(NCC(C)C2CC2)CC1. The van der Waals surface area contributed by atoms with Gasteiger partial charge in [-0.2, -0.15) is 0 Å². The second-order valence-electron chi connectivity index (χ2n) is 5.50. The van der Waals surface area contributed by atoms with E-state index in [-0.39, 0.29) is 5.91 Å². The maximum atomic E-state index is 11.2. The predicted molar refractivity (Wildman–Crippen MR) is 65.2 cm³/mol. The lowest BCUT2D eigenvalue weighted by Crippen LogP contribution is -2.45. The van der Waals surface area contributed by atoms with Crippen LogP contribution in [0.5, 0.6) is 0 Å². The van der Waals surface area contributed by atoms with Crippen LogP contribution in [-0.2, 0) is 4.79 Å². The first-order valence-electron chi connectivity index (χ1n) is 6.65. The van der Waals surface area contributed by atoms with Crippen LogP contribution in [0, 0.1) is 11.8 Å². The Morgan fingerprint density at radius 1 is 1.31 bits per heavy atom. The van der Waals surface area contributed by atoms with Gasteiger partial charge in [-0.1, -0.05) is 6.92 Å². The Morgan fingerprint density at radius 3 is 2.44 bits per heavy atom. The number of hydrogen-bond acceptors (Lipinski definition) is 2. The number of amides is 1. The van der Waals surface area contributed by atoms with Gasteiger partial charge in [-0.15, -0.1) is 0 Å². The van der Waals surface area contributed by atoms with Crippen molar-refractivity contribution in [3.63, 3.8) is 0 Å². The van der Waals surface area contributed by atoms with E-state index in [1.54, 1.807) is 6.92 Å². The van der Waals surface area contributed by atoms with Crippen LogP contribution in [-0.4, -0.2) is 36.5 Å². The lowest BCUT2D eigenvalue weighted by atomic mass is 10.0. The van der Waals surface area contributed by atoms with Crippen LogP contribution in [0.2, 0.25) is 0 Å². The van der Waals surface area contributed by atoms with Crippen LogP contribution in [0.15, 0.2) is 0 Å². The third-order valence-corrected chi connectivity index (χ3v) is 4.10. The molecule has 1 N–H and O–H groups in total. The molecule has 3 heteroatoms. The van der Waals surface area contributed by atoms with Crippen LogP contribution in [0.3, 0.4) is 0 Å². The number of piperidine rings is 1. The van der Waals surface area contributed by atoms with Gasteiger partial charge in [-0.25, -0.2) is 0 Å². The van der Waals surface area contributed by atoms with Crippen LogP contribution >= 0.6 is 0 Å². The zero-order valence-corrected chi connectivity index (χ0v) is 10.5. The van der Waals surface area contributed by atoms with Gasteiger partial charge < -0.3 is 10.2 Å². The van der Waals surface area contributed by atoms with E-state index in [2.05, 4.69) is 12.2 Å². The third-order valence-electron chi connectivity index (χ3n) is 4.10. The van der Waals surface area contributed by atoms with E-state index in [1.165, 1.54) is 12.8 Å². The van der Waals surface area contributed by atoms with Crippen molar-refractivity contribution in [3.05, 3.63) is 0 Å². The third kappa shape index (κ3) is 3.21. The van der Waals surface area contributed by atoms with E-state index in [9.17, 15) is 4.79 Å². The molecule has 2 rings (SSSR count). The topological polar surface area (TPSA) is 32.3 Å². The van der Waals surface area contributed by atoms with Crippen molar-refractivity contribution >= 4 is 5.91 Å². The Bertz CT molecular complexity index is 242. The maximum Gasteiger partial charge on any atom is 0.219 e. The average Bonchev–Trinajstić information content (AvgIpc) is 3.10. The molecule has 0 aromatic heterocycles. The van der Waals surface area contributed by atoms with Gasteiger partial charge in [0.1, 0.15) is 0 Å². The summed E-state index contributed by atoms with van der Waals surface area (Å²) in [6.45, 7) is 7.06. The van der Waals surface area contributed by atoms with E-state index in [1.807, 2.05) is 4.90 Å². The highest BCUT2D eigenvalue weighted by Gasteiger charge is 2.28. The number of nitrogens with one attached hydrogen (secondary N) is 1. The molecule has 3 nitrogen and oxygen atoms in total. The Morgan fingerprint density at radius 2 is 1.94 bits per heavy atom. The van der Waals surface area contributed by atoms with Crippen molar-refractivity contribution in [2.75, 3.05) is 19.6 Å². The molecule has 1 amide bonds. The van der Waals surface area contributed by atoms with E-state index in [0.717, 1.165) is 44.3 Å². The van der Waals surface area contributed by atoms with Crippen molar-refractivity contribution < 1.29 is 4.79 Å².